The minimum absolute atomic E-state index is 0.146. The molecule has 1 heterocycles. The van der Waals surface area contributed by atoms with Gasteiger partial charge in [0, 0.05) is 6.20 Å². The number of aromatic nitrogens is 2. The van der Waals surface area contributed by atoms with Gasteiger partial charge in [0.05, 0.1) is 24.8 Å². The predicted octanol–water partition coefficient (Wildman–Crippen LogP) is 0.176. The van der Waals surface area contributed by atoms with Gasteiger partial charge in [-0.05, 0) is 13.8 Å². The highest BCUT2D eigenvalue weighted by Crippen LogP contribution is 2.20. The number of aliphatic hydroxyl groups excluding tert-OH is 1. The summed E-state index contributed by atoms with van der Waals surface area (Å²) in [4.78, 5) is 8.12. The zero-order valence-electron chi connectivity index (χ0n) is 8.40. The van der Waals surface area contributed by atoms with Crippen LogP contribution in [0.2, 0.25) is 0 Å². The van der Waals surface area contributed by atoms with Crippen molar-refractivity contribution in [1.29, 1.82) is 0 Å². The first-order valence-electron chi connectivity index (χ1n) is 4.51. The monoisotopic (exact) mass is 197 g/mol. The van der Waals surface area contributed by atoms with Crippen LogP contribution >= 0.6 is 0 Å². The van der Waals surface area contributed by atoms with E-state index >= 15 is 0 Å². The lowest BCUT2D eigenvalue weighted by Crippen LogP contribution is -2.17. The first kappa shape index (κ1) is 10.9. The minimum atomic E-state index is -0.489. The number of hydrogen-bond acceptors (Lipinski definition) is 5. The molecule has 14 heavy (non-hydrogen) atoms. The van der Waals surface area contributed by atoms with E-state index < -0.39 is 6.04 Å². The van der Waals surface area contributed by atoms with Crippen molar-refractivity contribution in [2.24, 2.45) is 5.73 Å². The van der Waals surface area contributed by atoms with Crippen LogP contribution in [-0.2, 0) is 0 Å². The summed E-state index contributed by atoms with van der Waals surface area (Å²) in [6.45, 7) is 4.01. The van der Waals surface area contributed by atoms with Crippen molar-refractivity contribution in [1.82, 2.24) is 9.97 Å². The second-order valence-electron chi connectivity index (χ2n) is 2.90. The van der Waals surface area contributed by atoms with E-state index in [4.69, 9.17) is 15.6 Å². The lowest BCUT2D eigenvalue weighted by atomic mass is 10.1. The summed E-state index contributed by atoms with van der Waals surface area (Å²) in [5.74, 6) is 1.09. The van der Waals surface area contributed by atoms with Gasteiger partial charge in [0.25, 0.3) is 0 Å². The van der Waals surface area contributed by atoms with Crippen LogP contribution in [-0.4, -0.2) is 28.3 Å². The summed E-state index contributed by atoms with van der Waals surface area (Å²) >= 11 is 0. The van der Waals surface area contributed by atoms with Gasteiger partial charge in [0.1, 0.15) is 5.82 Å². The topological polar surface area (TPSA) is 81.3 Å². The molecule has 0 aliphatic rings. The van der Waals surface area contributed by atoms with Crippen molar-refractivity contribution in [3.05, 3.63) is 17.6 Å². The lowest BCUT2D eigenvalue weighted by molar-refractivity contribution is 0.259. The Bertz CT molecular complexity index is 304. The van der Waals surface area contributed by atoms with Crippen LogP contribution in [0.25, 0.3) is 0 Å². The second kappa shape index (κ2) is 4.88. The molecular weight excluding hydrogens is 182 g/mol. The maximum atomic E-state index is 8.91. The molecule has 1 aromatic rings. The molecule has 0 saturated carbocycles. The van der Waals surface area contributed by atoms with Gasteiger partial charge in [0.2, 0.25) is 5.88 Å². The molecule has 3 N–H and O–H groups in total. The molecule has 0 aliphatic carbocycles. The molecule has 0 radical (unpaired) electrons. The van der Waals surface area contributed by atoms with Crippen molar-refractivity contribution in [3.8, 4) is 5.88 Å². The zero-order chi connectivity index (χ0) is 10.6. The quantitative estimate of drug-likeness (QED) is 0.719. The Hall–Kier alpha value is -1.20. The van der Waals surface area contributed by atoms with E-state index in [1.165, 1.54) is 0 Å². The Morgan fingerprint density at radius 3 is 2.93 bits per heavy atom. The molecule has 0 saturated heterocycles. The molecule has 0 amide bonds. The summed E-state index contributed by atoms with van der Waals surface area (Å²) in [7, 11) is 0. The van der Waals surface area contributed by atoms with Gasteiger partial charge in [-0.3, -0.25) is 0 Å². The average molecular weight is 197 g/mol. The van der Waals surface area contributed by atoms with Crippen molar-refractivity contribution in [2.45, 2.75) is 19.9 Å². The molecular formula is C9H15N3O2. The molecule has 5 heteroatoms. The van der Waals surface area contributed by atoms with Crippen LogP contribution < -0.4 is 10.5 Å². The van der Waals surface area contributed by atoms with Gasteiger partial charge in [-0.1, -0.05) is 0 Å². The van der Waals surface area contributed by atoms with Crippen molar-refractivity contribution >= 4 is 0 Å². The second-order valence-corrected chi connectivity index (χ2v) is 2.90. The highest BCUT2D eigenvalue weighted by molar-refractivity contribution is 5.27. The SMILES string of the molecule is CCOc1nc(C)ncc1C(N)CO. The first-order chi connectivity index (χ1) is 6.69. The smallest absolute Gasteiger partial charge is 0.221 e. The van der Waals surface area contributed by atoms with Gasteiger partial charge >= 0.3 is 0 Å². The molecule has 78 valence electrons. The Morgan fingerprint density at radius 2 is 2.36 bits per heavy atom. The van der Waals surface area contributed by atoms with Gasteiger partial charge in [-0.15, -0.1) is 0 Å². The Kier molecular flexibility index (Phi) is 3.79. The van der Waals surface area contributed by atoms with Crippen molar-refractivity contribution in [2.75, 3.05) is 13.2 Å². The lowest BCUT2D eigenvalue weighted by Gasteiger charge is -2.13. The van der Waals surface area contributed by atoms with Crippen molar-refractivity contribution < 1.29 is 9.84 Å². The number of nitrogens with two attached hydrogens (primary N) is 1. The van der Waals surface area contributed by atoms with E-state index in [1.54, 1.807) is 13.1 Å². The van der Waals surface area contributed by atoms with Crippen LogP contribution in [0.4, 0.5) is 0 Å². The molecule has 0 spiro atoms. The van der Waals surface area contributed by atoms with Gasteiger partial charge in [0.15, 0.2) is 0 Å². The molecule has 1 atom stereocenters. The number of hydrogen-bond donors (Lipinski definition) is 2. The minimum Gasteiger partial charge on any atom is -0.478 e. The number of aliphatic hydroxyl groups is 1. The Balaban J connectivity index is 3.01. The van der Waals surface area contributed by atoms with Gasteiger partial charge < -0.3 is 15.6 Å². The van der Waals surface area contributed by atoms with Gasteiger partial charge in [-0.2, -0.15) is 4.98 Å². The molecule has 1 aromatic heterocycles. The molecule has 0 aliphatic heterocycles. The number of nitrogens with zero attached hydrogens (tertiary/aromatic N) is 2. The maximum Gasteiger partial charge on any atom is 0.221 e. The molecule has 0 aromatic carbocycles. The molecule has 1 rings (SSSR count). The van der Waals surface area contributed by atoms with Gasteiger partial charge in [-0.25, -0.2) is 4.98 Å². The maximum absolute atomic E-state index is 8.91. The van der Waals surface area contributed by atoms with E-state index in [9.17, 15) is 0 Å². The highest BCUT2D eigenvalue weighted by Gasteiger charge is 2.13. The average Bonchev–Trinajstić information content (AvgIpc) is 2.17. The van der Waals surface area contributed by atoms with Crippen molar-refractivity contribution in [3.63, 3.8) is 0 Å². The van der Waals surface area contributed by atoms with E-state index in [-0.39, 0.29) is 6.61 Å². The number of aryl methyl sites for hydroxylation is 1. The van der Waals surface area contributed by atoms with E-state index in [2.05, 4.69) is 9.97 Å². The molecule has 5 nitrogen and oxygen atoms in total. The Labute approximate surface area is 82.9 Å². The molecule has 0 fully saturated rings. The molecule has 1 unspecified atom stereocenters. The fourth-order valence-corrected chi connectivity index (χ4v) is 1.06. The third-order valence-electron chi connectivity index (χ3n) is 1.78. The Morgan fingerprint density at radius 1 is 1.64 bits per heavy atom. The third-order valence-corrected chi connectivity index (χ3v) is 1.78. The van der Waals surface area contributed by atoms with E-state index in [0.29, 0.717) is 23.9 Å². The van der Waals surface area contributed by atoms with Crippen LogP contribution in [0.1, 0.15) is 24.4 Å². The zero-order valence-corrected chi connectivity index (χ0v) is 8.40. The predicted molar refractivity (Wildman–Crippen MR) is 52.0 cm³/mol. The largest absolute Gasteiger partial charge is 0.478 e. The number of rotatable bonds is 4. The summed E-state index contributed by atoms with van der Waals surface area (Å²) in [5, 5.41) is 8.91. The van der Waals surface area contributed by atoms with Crippen LogP contribution in [0.15, 0.2) is 6.20 Å². The fourth-order valence-electron chi connectivity index (χ4n) is 1.06. The van der Waals surface area contributed by atoms with E-state index in [1.807, 2.05) is 6.92 Å². The number of ether oxygens (including phenoxy) is 1. The summed E-state index contributed by atoms with van der Waals surface area (Å²) in [6, 6.07) is -0.489. The third kappa shape index (κ3) is 2.40. The summed E-state index contributed by atoms with van der Waals surface area (Å²) < 4.78 is 5.30. The van der Waals surface area contributed by atoms with Crippen LogP contribution in [0, 0.1) is 6.92 Å². The van der Waals surface area contributed by atoms with Crippen LogP contribution in [0.5, 0.6) is 5.88 Å². The standard InChI is InChI=1S/C9H15N3O2/c1-3-14-9-7(8(10)5-13)4-11-6(2)12-9/h4,8,13H,3,5,10H2,1-2H3. The first-order valence-corrected chi connectivity index (χ1v) is 4.51. The molecule has 0 bridgehead atoms. The summed E-state index contributed by atoms with van der Waals surface area (Å²) in [6.07, 6.45) is 1.59. The van der Waals surface area contributed by atoms with Crippen LogP contribution in [0.3, 0.4) is 0 Å². The highest BCUT2D eigenvalue weighted by atomic mass is 16.5. The van der Waals surface area contributed by atoms with E-state index in [0.717, 1.165) is 0 Å². The fraction of sp³-hybridized carbons (Fsp3) is 0.556. The normalized spacial score (nSPS) is 12.6. The summed E-state index contributed by atoms with van der Waals surface area (Å²) in [5.41, 5.74) is 6.30.